The third kappa shape index (κ3) is 5.79. The van der Waals surface area contributed by atoms with Crippen molar-refractivity contribution in [2.45, 2.75) is 76.8 Å². The quantitative estimate of drug-likeness (QED) is 0.291. The molecule has 0 saturated heterocycles. The Morgan fingerprint density at radius 1 is 1.17 bits per heavy atom. The van der Waals surface area contributed by atoms with Crippen molar-refractivity contribution < 1.29 is 18.8 Å². The van der Waals surface area contributed by atoms with E-state index in [1.165, 1.54) is 23.1 Å². The number of ether oxygens (including phenoxy) is 1. The van der Waals surface area contributed by atoms with Gasteiger partial charge in [-0.15, -0.1) is 0 Å². The van der Waals surface area contributed by atoms with Crippen molar-refractivity contribution in [1.29, 1.82) is 0 Å². The zero-order valence-corrected chi connectivity index (χ0v) is 23.1. The summed E-state index contributed by atoms with van der Waals surface area (Å²) in [5.74, 6) is 0.170. The fourth-order valence-electron chi connectivity index (χ4n) is 4.04. The van der Waals surface area contributed by atoms with Crippen LogP contribution in [0.5, 0.6) is 5.75 Å². The number of aldehydes is 1. The molecule has 1 N–H and O–H groups in total. The number of nitrogens with one attached hydrogen (secondary N) is 1. The number of halogens is 1. The van der Waals surface area contributed by atoms with Gasteiger partial charge in [0.15, 0.2) is 20.3 Å². The van der Waals surface area contributed by atoms with Crippen LogP contribution in [-0.4, -0.2) is 47.3 Å². The van der Waals surface area contributed by atoms with Crippen LogP contribution in [0.25, 0.3) is 5.65 Å². The summed E-state index contributed by atoms with van der Waals surface area (Å²) in [6, 6.07) is 5.20. The third-order valence-corrected chi connectivity index (χ3v) is 11.9. The lowest BCUT2D eigenvalue weighted by atomic mass is 9.95. The maximum Gasteiger partial charge on any atom is 0.261 e. The molecule has 1 amide bonds. The SMILES string of the molecule is CC(C)(C)[Si](C)(C)OC1CCC(Oc2ccc(Cl)cc2NC(=O)c2cnn3cc(C=O)cnc23)CC1. The molecule has 0 unspecified atom stereocenters. The van der Waals surface area contributed by atoms with Gasteiger partial charge < -0.3 is 14.5 Å². The minimum absolute atomic E-state index is 0.0292. The largest absolute Gasteiger partial charge is 0.488 e. The van der Waals surface area contributed by atoms with Gasteiger partial charge >= 0.3 is 0 Å². The van der Waals surface area contributed by atoms with E-state index in [-0.39, 0.29) is 22.8 Å². The molecule has 2 heterocycles. The molecule has 0 atom stereocenters. The van der Waals surface area contributed by atoms with Crippen molar-refractivity contribution in [3.05, 3.63) is 52.9 Å². The molecular weight excluding hydrogens is 496 g/mol. The number of amides is 1. The van der Waals surface area contributed by atoms with Crippen LogP contribution in [0.1, 0.15) is 67.2 Å². The normalized spacial score (nSPS) is 18.7. The van der Waals surface area contributed by atoms with Crippen LogP contribution in [0.4, 0.5) is 5.69 Å². The molecular formula is C26H33ClN4O4Si. The molecule has 192 valence electrons. The van der Waals surface area contributed by atoms with E-state index < -0.39 is 14.2 Å². The monoisotopic (exact) mass is 528 g/mol. The molecule has 1 aliphatic carbocycles. The predicted octanol–water partition coefficient (Wildman–Crippen LogP) is 6.16. The fraction of sp³-hybridized carbons (Fsp3) is 0.462. The summed E-state index contributed by atoms with van der Waals surface area (Å²) in [6.07, 6.45) is 8.97. The molecule has 10 heteroatoms. The van der Waals surface area contributed by atoms with E-state index in [0.29, 0.717) is 34.0 Å². The van der Waals surface area contributed by atoms with E-state index in [1.54, 1.807) is 18.2 Å². The molecule has 36 heavy (non-hydrogen) atoms. The Hall–Kier alpha value is -2.75. The number of hydrogen-bond acceptors (Lipinski definition) is 6. The first-order valence-corrected chi connectivity index (χ1v) is 15.5. The number of nitrogens with zero attached hydrogens (tertiary/aromatic N) is 3. The van der Waals surface area contributed by atoms with E-state index in [4.69, 9.17) is 20.8 Å². The summed E-state index contributed by atoms with van der Waals surface area (Å²) >= 11 is 6.23. The van der Waals surface area contributed by atoms with Crippen LogP contribution >= 0.6 is 11.6 Å². The van der Waals surface area contributed by atoms with Crippen molar-refractivity contribution in [2.75, 3.05) is 5.32 Å². The maximum atomic E-state index is 13.1. The zero-order chi connectivity index (χ0) is 26.1. The third-order valence-electron chi connectivity index (χ3n) is 7.13. The van der Waals surface area contributed by atoms with Crippen LogP contribution in [0.2, 0.25) is 23.2 Å². The molecule has 1 fully saturated rings. The molecule has 3 aromatic rings. The second-order valence-electron chi connectivity index (χ2n) is 10.8. The molecule has 0 radical (unpaired) electrons. The highest BCUT2D eigenvalue weighted by molar-refractivity contribution is 6.74. The fourth-order valence-corrected chi connectivity index (χ4v) is 5.64. The predicted molar refractivity (Wildman–Crippen MR) is 143 cm³/mol. The number of hydrogen-bond donors (Lipinski definition) is 1. The van der Waals surface area contributed by atoms with Crippen LogP contribution in [0, 0.1) is 0 Å². The van der Waals surface area contributed by atoms with Crippen LogP contribution in [0.3, 0.4) is 0 Å². The van der Waals surface area contributed by atoms with Gasteiger partial charge in [0, 0.05) is 23.5 Å². The van der Waals surface area contributed by atoms with Gasteiger partial charge in [0.25, 0.3) is 5.91 Å². The van der Waals surface area contributed by atoms with Gasteiger partial charge in [0.2, 0.25) is 0 Å². The van der Waals surface area contributed by atoms with E-state index in [0.717, 1.165) is 25.7 Å². The molecule has 0 bridgehead atoms. The Balaban J connectivity index is 1.43. The van der Waals surface area contributed by atoms with Gasteiger partial charge in [0.05, 0.1) is 23.6 Å². The zero-order valence-electron chi connectivity index (χ0n) is 21.4. The standard InChI is InChI=1S/C26H33ClN4O4Si/c1-26(2,3)36(4,5)35-20-9-7-19(8-10-20)34-23-11-6-18(27)12-22(23)30-25(33)21-14-29-31-15-17(16-32)13-28-24(21)31/h6,11-16,19-20H,7-10H2,1-5H3,(H,30,33). The maximum absolute atomic E-state index is 13.1. The first-order valence-electron chi connectivity index (χ1n) is 12.2. The summed E-state index contributed by atoms with van der Waals surface area (Å²) in [5, 5.41) is 7.70. The van der Waals surface area contributed by atoms with Gasteiger partial charge in [-0.05, 0) is 62.0 Å². The molecule has 8 nitrogen and oxygen atoms in total. The Labute approximate surface area is 217 Å². The number of benzene rings is 1. The Morgan fingerprint density at radius 2 is 1.86 bits per heavy atom. The number of carbonyl (C=O) groups is 2. The highest BCUT2D eigenvalue weighted by Crippen LogP contribution is 2.40. The average molecular weight is 529 g/mol. The minimum atomic E-state index is -1.81. The smallest absolute Gasteiger partial charge is 0.261 e. The Kier molecular flexibility index (Phi) is 7.54. The van der Waals surface area contributed by atoms with E-state index in [2.05, 4.69) is 49.3 Å². The summed E-state index contributed by atoms with van der Waals surface area (Å²) in [7, 11) is -1.81. The first kappa shape index (κ1) is 26.3. The molecule has 1 aliphatic rings. The number of aromatic nitrogens is 3. The second-order valence-corrected chi connectivity index (χ2v) is 16.0. The molecule has 4 rings (SSSR count). The number of carbonyl (C=O) groups excluding carboxylic acids is 2. The van der Waals surface area contributed by atoms with Gasteiger partial charge in [0.1, 0.15) is 11.3 Å². The van der Waals surface area contributed by atoms with Crippen LogP contribution in [0.15, 0.2) is 36.8 Å². The van der Waals surface area contributed by atoms with Gasteiger partial charge in [-0.25, -0.2) is 9.50 Å². The van der Waals surface area contributed by atoms with Crippen molar-refractivity contribution in [3.63, 3.8) is 0 Å². The molecule has 1 saturated carbocycles. The second kappa shape index (κ2) is 10.3. The Bertz CT molecular complexity index is 1260. The van der Waals surface area contributed by atoms with Crippen molar-refractivity contribution in [3.8, 4) is 5.75 Å². The first-order chi connectivity index (χ1) is 17.0. The van der Waals surface area contributed by atoms with Gasteiger partial charge in [-0.2, -0.15) is 5.10 Å². The van der Waals surface area contributed by atoms with Crippen LogP contribution < -0.4 is 10.1 Å². The van der Waals surface area contributed by atoms with E-state index >= 15 is 0 Å². The lowest BCUT2D eigenvalue weighted by Gasteiger charge is -2.41. The highest BCUT2D eigenvalue weighted by atomic mass is 35.5. The van der Waals surface area contributed by atoms with Gasteiger partial charge in [-0.3, -0.25) is 9.59 Å². The molecule has 0 spiro atoms. The van der Waals surface area contributed by atoms with Crippen molar-refractivity contribution in [1.82, 2.24) is 14.6 Å². The van der Waals surface area contributed by atoms with Gasteiger partial charge in [-0.1, -0.05) is 32.4 Å². The average Bonchev–Trinajstić information content (AvgIpc) is 3.24. The highest BCUT2D eigenvalue weighted by Gasteiger charge is 2.40. The lowest BCUT2D eigenvalue weighted by Crippen LogP contribution is -2.45. The molecule has 0 aliphatic heterocycles. The van der Waals surface area contributed by atoms with E-state index in [1.807, 2.05) is 0 Å². The minimum Gasteiger partial charge on any atom is -0.488 e. The molecule has 1 aromatic carbocycles. The summed E-state index contributed by atoms with van der Waals surface area (Å²) in [6.45, 7) is 11.4. The summed E-state index contributed by atoms with van der Waals surface area (Å²) < 4.78 is 14.3. The number of anilines is 1. The summed E-state index contributed by atoms with van der Waals surface area (Å²) in [4.78, 5) is 28.3. The lowest BCUT2D eigenvalue weighted by molar-refractivity contribution is 0.0728. The number of fused-ring (bicyclic) bond motifs is 1. The topological polar surface area (TPSA) is 94.8 Å². The Morgan fingerprint density at radius 3 is 2.53 bits per heavy atom. The molecule has 2 aromatic heterocycles. The number of rotatable bonds is 7. The van der Waals surface area contributed by atoms with Crippen LogP contribution in [-0.2, 0) is 4.43 Å². The summed E-state index contributed by atoms with van der Waals surface area (Å²) in [5.41, 5.74) is 1.48. The van der Waals surface area contributed by atoms with Crippen molar-refractivity contribution in [2.24, 2.45) is 0 Å². The van der Waals surface area contributed by atoms with Crippen molar-refractivity contribution >= 4 is 43.4 Å². The van der Waals surface area contributed by atoms with E-state index in [9.17, 15) is 9.59 Å².